The number of aromatic nitrogens is 2. The van der Waals surface area contributed by atoms with Crippen LogP contribution in [-0.2, 0) is 5.41 Å². The van der Waals surface area contributed by atoms with Crippen LogP contribution >= 0.6 is 0 Å². The van der Waals surface area contributed by atoms with Gasteiger partial charge in [0.1, 0.15) is 0 Å². The Labute approximate surface area is 322 Å². The maximum Gasteiger partial charge on any atom is 0.160 e. The van der Waals surface area contributed by atoms with Gasteiger partial charge in [-0.3, -0.25) is 0 Å². The zero-order chi connectivity index (χ0) is 36.9. The highest BCUT2D eigenvalue weighted by Gasteiger charge is 2.37. The minimum Gasteiger partial charge on any atom is -0.228 e. The molecule has 0 unspecified atom stereocenters. The number of fused-ring (bicyclic) bond motifs is 5. The smallest absolute Gasteiger partial charge is 0.160 e. The Balaban J connectivity index is 1.03. The number of rotatable bonds is 6. The Morgan fingerprint density at radius 2 is 0.873 bits per heavy atom. The van der Waals surface area contributed by atoms with Gasteiger partial charge in [-0.15, -0.1) is 0 Å². The van der Waals surface area contributed by atoms with Crippen LogP contribution in [-0.4, -0.2) is 9.97 Å². The predicted octanol–water partition coefficient (Wildman–Crippen LogP) is 13.9. The van der Waals surface area contributed by atoms with Gasteiger partial charge in [0.2, 0.25) is 0 Å². The molecule has 260 valence electrons. The Bertz CT molecular complexity index is 2870. The Morgan fingerprint density at radius 3 is 1.62 bits per heavy atom. The van der Waals surface area contributed by atoms with E-state index in [1.165, 1.54) is 55.3 Å². The molecular weight excluding hydrogens is 665 g/mol. The average Bonchev–Trinajstić information content (AvgIpc) is 3.50. The molecule has 1 heterocycles. The Morgan fingerprint density at radius 1 is 0.345 bits per heavy atom. The monoisotopic (exact) mass is 702 g/mol. The van der Waals surface area contributed by atoms with Crippen molar-refractivity contribution in [3.05, 3.63) is 205 Å². The Kier molecular flexibility index (Phi) is 7.85. The predicted molar refractivity (Wildman–Crippen MR) is 230 cm³/mol. The minimum atomic E-state index is -0.0808. The van der Waals surface area contributed by atoms with Crippen LogP contribution in [0.4, 0.5) is 0 Å². The van der Waals surface area contributed by atoms with Gasteiger partial charge in [0.25, 0.3) is 0 Å². The molecule has 0 N–H and O–H groups in total. The zero-order valence-electron chi connectivity index (χ0n) is 30.9. The van der Waals surface area contributed by atoms with Crippen molar-refractivity contribution < 1.29 is 0 Å². The molecule has 2 nitrogen and oxygen atoms in total. The van der Waals surface area contributed by atoms with Crippen molar-refractivity contribution in [3.8, 4) is 78.4 Å². The molecule has 10 rings (SSSR count). The van der Waals surface area contributed by atoms with Gasteiger partial charge in [-0.2, -0.15) is 0 Å². The van der Waals surface area contributed by atoms with E-state index >= 15 is 0 Å². The third-order valence-electron chi connectivity index (χ3n) is 11.3. The summed E-state index contributed by atoms with van der Waals surface area (Å²) in [6.07, 6.45) is 0. The summed E-state index contributed by atoms with van der Waals surface area (Å²) in [6.45, 7) is 4.72. The summed E-state index contributed by atoms with van der Waals surface area (Å²) in [5.41, 5.74) is 17.5. The van der Waals surface area contributed by atoms with E-state index in [-0.39, 0.29) is 5.41 Å². The molecule has 0 saturated heterocycles. The molecule has 1 aromatic heterocycles. The van der Waals surface area contributed by atoms with Crippen LogP contribution in [0.5, 0.6) is 0 Å². The quantitative estimate of drug-likeness (QED) is 0.172. The minimum absolute atomic E-state index is 0.0808. The second kappa shape index (κ2) is 13.2. The first-order valence-corrected chi connectivity index (χ1v) is 19.0. The lowest BCUT2D eigenvalue weighted by Gasteiger charge is -2.21. The second-order valence-corrected chi connectivity index (χ2v) is 15.0. The van der Waals surface area contributed by atoms with Crippen LogP contribution in [0.1, 0.15) is 25.0 Å². The molecular formula is C53H38N2. The summed E-state index contributed by atoms with van der Waals surface area (Å²) in [4.78, 5) is 10.3. The van der Waals surface area contributed by atoms with E-state index in [9.17, 15) is 0 Å². The van der Waals surface area contributed by atoms with Gasteiger partial charge in [-0.1, -0.05) is 190 Å². The van der Waals surface area contributed by atoms with Crippen LogP contribution in [0.25, 0.3) is 89.2 Å². The first kappa shape index (κ1) is 32.7. The second-order valence-electron chi connectivity index (χ2n) is 15.0. The molecule has 0 fully saturated rings. The lowest BCUT2D eigenvalue weighted by molar-refractivity contribution is 0.661. The van der Waals surface area contributed by atoms with E-state index < -0.39 is 0 Å². The highest BCUT2D eigenvalue weighted by atomic mass is 14.9. The van der Waals surface area contributed by atoms with Crippen LogP contribution in [0.3, 0.4) is 0 Å². The van der Waals surface area contributed by atoms with Crippen molar-refractivity contribution in [1.29, 1.82) is 0 Å². The summed E-state index contributed by atoms with van der Waals surface area (Å²) < 4.78 is 0. The molecule has 2 heteroatoms. The summed E-state index contributed by atoms with van der Waals surface area (Å²) in [5.74, 6) is 0.704. The first-order valence-electron chi connectivity index (χ1n) is 19.0. The van der Waals surface area contributed by atoms with E-state index in [1.54, 1.807) is 0 Å². The van der Waals surface area contributed by atoms with Gasteiger partial charge in [0.05, 0.1) is 11.4 Å². The third kappa shape index (κ3) is 5.75. The molecule has 0 radical (unpaired) electrons. The van der Waals surface area contributed by atoms with Crippen molar-refractivity contribution in [2.24, 2.45) is 0 Å². The van der Waals surface area contributed by atoms with Gasteiger partial charge in [-0.05, 0) is 84.6 Å². The van der Waals surface area contributed by atoms with Gasteiger partial charge >= 0.3 is 0 Å². The molecule has 9 aromatic rings. The van der Waals surface area contributed by atoms with Crippen molar-refractivity contribution >= 4 is 10.8 Å². The van der Waals surface area contributed by atoms with Crippen LogP contribution < -0.4 is 0 Å². The van der Waals surface area contributed by atoms with Crippen molar-refractivity contribution in [3.63, 3.8) is 0 Å². The number of nitrogens with zero attached hydrogens (tertiary/aromatic N) is 2. The Hall–Kier alpha value is -6.90. The van der Waals surface area contributed by atoms with Crippen LogP contribution in [0, 0.1) is 0 Å². The third-order valence-corrected chi connectivity index (χ3v) is 11.3. The first-order chi connectivity index (χ1) is 27.0. The van der Waals surface area contributed by atoms with Crippen LogP contribution in [0.2, 0.25) is 0 Å². The van der Waals surface area contributed by atoms with Crippen molar-refractivity contribution in [1.82, 2.24) is 9.97 Å². The molecule has 0 atom stereocenters. The van der Waals surface area contributed by atoms with E-state index in [0.717, 1.165) is 39.2 Å². The average molecular weight is 703 g/mol. The summed E-state index contributed by atoms with van der Waals surface area (Å²) in [6, 6.07) is 69.5. The SMILES string of the molecule is CC1(C)c2cccc(-c3cccc(-c4ccc(-c5nc(-c6ccccc6)cc(-c6cccc(-c7ccccc7)c6)n5)cc4)c3)c2-c2c1ccc1ccccc21. The molecule has 1 aliphatic rings. The lowest BCUT2D eigenvalue weighted by atomic mass is 9.81. The fraction of sp³-hybridized carbons (Fsp3) is 0.0566. The fourth-order valence-corrected chi connectivity index (χ4v) is 8.44. The van der Waals surface area contributed by atoms with Gasteiger partial charge in [-0.25, -0.2) is 9.97 Å². The topological polar surface area (TPSA) is 25.8 Å². The molecule has 8 aromatic carbocycles. The standard InChI is InChI=1S/C53H38N2/c1-53(2)46-25-13-24-45(51(46)50-44-23-10-9-16-37(44)30-31-47(50)53)42-21-11-19-40(32-42)36-26-28-39(29-27-36)52-54-48(38-17-7-4-8-18-38)34-49(55-52)43-22-12-20-41(33-43)35-14-5-3-6-15-35/h3-34H,1-2H3. The number of hydrogen-bond acceptors (Lipinski definition) is 2. The molecule has 0 bridgehead atoms. The fourth-order valence-electron chi connectivity index (χ4n) is 8.44. The molecule has 0 saturated carbocycles. The lowest BCUT2D eigenvalue weighted by Crippen LogP contribution is -2.14. The van der Waals surface area contributed by atoms with Crippen molar-refractivity contribution in [2.75, 3.05) is 0 Å². The van der Waals surface area contributed by atoms with E-state index in [0.29, 0.717) is 5.82 Å². The van der Waals surface area contributed by atoms with Gasteiger partial charge in [0, 0.05) is 22.1 Å². The van der Waals surface area contributed by atoms with E-state index in [4.69, 9.17) is 9.97 Å². The summed E-state index contributed by atoms with van der Waals surface area (Å²) >= 11 is 0. The molecule has 0 amide bonds. The summed E-state index contributed by atoms with van der Waals surface area (Å²) in [7, 11) is 0. The van der Waals surface area contributed by atoms with E-state index in [1.807, 2.05) is 12.1 Å². The summed E-state index contributed by atoms with van der Waals surface area (Å²) in [5, 5.41) is 2.59. The van der Waals surface area contributed by atoms with Gasteiger partial charge < -0.3 is 0 Å². The van der Waals surface area contributed by atoms with Gasteiger partial charge in [0.15, 0.2) is 5.82 Å². The molecule has 0 spiro atoms. The molecule has 1 aliphatic carbocycles. The van der Waals surface area contributed by atoms with Crippen LogP contribution in [0.15, 0.2) is 194 Å². The molecule has 0 aliphatic heterocycles. The number of benzene rings is 8. The maximum atomic E-state index is 5.16. The molecule has 55 heavy (non-hydrogen) atoms. The normalized spacial score (nSPS) is 12.7. The number of hydrogen-bond donors (Lipinski definition) is 0. The maximum absolute atomic E-state index is 5.16. The van der Waals surface area contributed by atoms with Crippen molar-refractivity contribution in [2.45, 2.75) is 19.3 Å². The largest absolute Gasteiger partial charge is 0.228 e. The zero-order valence-corrected chi connectivity index (χ0v) is 30.9. The van der Waals surface area contributed by atoms with E-state index in [2.05, 4.69) is 196 Å². The highest BCUT2D eigenvalue weighted by Crippen LogP contribution is 2.54. The highest BCUT2D eigenvalue weighted by molar-refractivity contribution is 6.06.